The fourth-order valence-electron chi connectivity index (χ4n) is 3.09. The fourth-order valence-corrected chi connectivity index (χ4v) is 3.09. The highest BCUT2D eigenvalue weighted by Crippen LogP contribution is 2.26. The summed E-state index contributed by atoms with van der Waals surface area (Å²) in [6.45, 7) is 0.893. The number of rotatable bonds is 6. The lowest BCUT2D eigenvalue weighted by molar-refractivity contribution is -0.132. The summed E-state index contributed by atoms with van der Waals surface area (Å²) in [5.41, 5.74) is 7.34. The Morgan fingerprint density at radius 2 is 1.67 bits per heavy atom. The highest BCUT2D eigenvalue weighted by Gasteiger charge is 2.33. The average molecular weight is 390 g/mol. The number of carbonyl (C=O) groups excluding carboxylic acids is 2. The number of para-hydroxylation sites is 1. The van der Waals surface area contributed by atoms with Crippen LogP contribution in [0.5, 0.6) is 5.75 Å². The standard InChI is InChI=1S/C20H23N3O3.ClH/c21-18-13-23(12-17(18)15-7-3-1-4-8-15)20(25)11-22-19(24)14-26-16-9-5-2-6-10-16;/h1-10,17-18H,11-14,21H2,(H,22,24);1H/t17-,18+;/m0./s1. The maximum absolute atomic E-state index is 12.4. The smallest absolute Gasteiger partial charge is 0.258 e. The van der Waals surface area contributed by atoms with Crippen molar-refractivity contribution in [1.29, 1.82) is 0 Å². The largest absolute Gasteiger partial charge is 0.484 e. The van der Waals surface area contributed by atoms with E-state index in [0.29, 0.717) is 18.8 Å². The molecule has 7 heteroatoms. The van der Waals surface area contributed by atoms with E-state index in [0.717, 1.165) is 5.56 Å². The first-order valence-electron chi connectivity index (χ1n) is 8.66. The summed E-state index contributed by atoms with van der Waals surface area (Å²) in [5, 5.41) is 2.60. The van der Waals surface area contributed by atoms with Gasteiger partial charge in [0.2, 0.25) is 5.91 Å². The lowest BCUT2D eigenvalue weighted by Crippen LogP contribution is -2.41. The molecule has 1 aliphatic rings. The van der Waals surface area contributed by atoms with Gasteiger partial charge in [0, 0.05) is 25.0 Å². The van der Waals surface area contributed by atoms with Crippen LogP contribution >= 0.6 is 12.4 Å². The van der Waals surface area contributed by atoms with Crippen molar-refractivity contribution in [2.24, 2.45) is 5.73 Å². The summed E-state index contributed by atoms with van der Waals surface area (Å²) in [4.78, 5) is 25.9. The van der Waals surface area contributed by atoms with Crippen LogP contribution in [0.1, 0.15) is 11.5 Å². The van der Waals surface area contributed by atoms with Crippen LogP contribution in [-0.2, 0) is 9.59 Å². The number of likely N-dealkylation sites (tertiary alicyclic amines) is 1. The second-order valence-corrected chi connectivity index (χ2v) is 6.36. The van der Waals surface area contributed by atoms with Crippen LogP contribution in [-0.4, -0.2) is 49.0 Å². The van der Waals surface area contributed by atoms with Crippen LogP contribution in [0, 0.1) is 0 Å². The number of amides is 2. The van der Waals surface area contributed by atoms with Gasteiger partial charge in [0.05, 0.1) is 6.54 Å². The normalized spacial score (nSPS) is 18.5. The van der Waals surface area contributed by atoms with E-state index in [1.807, 2.05) is 48.5 Å². The van der Waals surface area contributed by atoms with Crippen LogP contribution in [0.25, 0.3) is 0 Å². The van der Waals surface area contributed by atoms with Gasteiger partial charge >= 0.3 is 0 Å². The average Bonchev–Trinajstić information content (AvgIpc) is 3.08. The van der Waals surface area contributed by atoms with Crippen molar-refractivity contribution in [3.63, 3.8) is 0 Å². The van der Waals surface area contributed by atoms with Gasteiger partial charge in [-0.25, -0.2) is 0 Å². The quantitative estimate of drug-likeness (QED) is 0.785. The molecule has 2 atom stereocenters. The van der Waals surface area contributed by atoms with Gasteiger partial charge in [0.1, 0.15) is 5.75 Å². The number of halogens is 1. The molecule has 1 saturated heterocycles. The molecule has 0 bridgehead atoms. The number of nitrogens with zero attached hydrogens (tertiary/aromatic N) is 1. The van der Waals surface area contributed by atoms with Crippen molar-refractivity contribution >= 4 is 24.2 Å². The van der Waals surface area contributed by atoms with E-state index in [-0.39, 0.29) is 49.3 Å². The Kier molecular flexibility index (Phi) is 7.64. The van der Waals surface area contributed by atoms with Crippen molar-refractivity contribution in [2.75, 3.05) is 26.2 Å². The van der Waals surface area contributed by atoms with E-state index in [1.165, 1.54) is 0 Å². The van der Waals surface area contributed by atoms with E-state index in [4.69, 9.17) is 10.5 Å². The number of hydrogen-bond donors (Lipinski definition) is 2. The third-order valence-electron chi connectivity index (χ3n) is 4.50. The molecule has 1 heterocycles. The third-order valence-corrected chi connectivity index (χ3v) is 4.50. The number of carbonyl (C=O) groups is 2. The van der Waals surface area contributed by atoms with Crippen LogP contribution < -0.4 is 15.8 Å². The molecule has 3 N–H and O–H groups in total. The number of nitrogens with one attached hydrogen (secondary N) is 1. The summed E-state index contributed by atoms with van der Waals surface area (Å²) in [5.74, 6) is 0.278. The number of nitrogens with two attached hydrogens (primary N) is 1. The summed E-state index contributed by atoms with van der Waals surface area (Å²) < 4.78 is 5.36. The van der Waals surface area contributed by atoms with Crippen LogP contribution in [0.2, 0.25) is 0 Å². The van der Waals surface area contributed by atoms with Gasteiger partial charge in [-0.3, -0.25) is 9.59 Å². The minimum Gasteiger partial charge on any atom is -0.484 e. The highest BCUT2D eigenvalue weighted by atomic mass is 35.5. The molecule has 3 rings (SSSR count). The molecule has 0 spiro atoms. The van der Waals surface area contributed by atoms with Crippen LogP contribution in [0.4, 0.5) is 0 Å². The van der Waals surface area contributed by atoms with Crippen LogP contribution in [0.3, 0.4) is 0 Å². The highest BCUT2D eigenvalue weighted by molar-refractivity contribution is 5.86. The zero-order valence-electron chi connectivity index (χ0n) is 14.9. The molecule has 0 aliphatic carbocycles. The molecule has 0 unspecified atom stereocenters. The zero-order chi connectivity index (χ0) is 18.4. The molecule has 1 fully saturated rings. The molecule has 2 amide bonds. The summed E-state index contributed by atoms with van der Waals surface area (Å²) in [7, 11) is 0. The first kappa shape index (κ1) is 20.7. The van der Waals surface area contributed by atoms with E-state index < -0.39 is 0 Å². The maximum Gasteiger partial charge on any atom is 0.258 e. The van der Waals surface area contributed by atoms with Crippen molar-refractivity contribution in [2.45, 2.75) is 12.0 Å². The predicted octanol–water partition coefficient (Wildman–Crippen LogP) is 1.56. The van der Waals surface area contributed by atoms with Gasteiger partial charge in [-0.1, -0.05) is 48.5 Å². The second kappa shape index (κ2) is 9.94. The summed E-state index contributed by atoms with van der Waals surface area (Å²) in [6, 6.07) is 18.9. The topological polar surface area (TPSA) is 84.7 Å². The Bertz CT molecular complexity index is 743. The molecule has 0 aromatic heterocycles. The van der Waals surface area contributed by atoms with E-state index in [2.05, 4.69) is 5.32 Å². The lowest BCUT2D eigenvalue weighted by atomic mass is 9.95. The van der Waals surface area contributed by atoms with Crippen LogP contribution in [0.15, 0.2) is 60.7 Å². The molecular weight excluding hydrogens is 366 g/mol. The number of benzene rings is 2. The van der Waals surface area contributed by atoms with Gasteiger partial charge in [0.15, 0.2) is 6.61 Å². The zero-order valence-corrected chi connectivity index (χ0v) is 15.7. The van der Waals surface area contributed by atoms with Gasteiger partial charge in [-0.15, -0.1) is 12.4 Å². The van der Waals surface area contributed by atoms with Gasteiger partial charge in [-0.2, -0.15) is 0 Å². The molecule has 6 nitrogen and oxygen atoms in total. The second-order valence-electron chi connectivity index (χ2n) is 6.36. The summed E-state index contributed by atoms with van der Waals surface area (Å²) >= 11 is 0. The van der Waals surface area contributed by atoms with E-state index in [9.17, 15) is 9.59 Å². The van der Waals surface area contributed by atoms with Crippen molar-refractivity contribution in [3.8, 4) is 5.75 Å². The molecule has 144 valence electrons. The molecule has 2 aromatic rings. The Labute approximate surface area is 165 Å². The minimum absolute atomic E-state index is 0. The Balaban J connectivity index is 0.00000261. The van der Waals surface area contributed by atoms with Crippen molar-refractivity contribution < 1.29 is 14.3 Å². The molecule has 0 saturated carbocycles. The van der Waals surface area contributed by atoms with E-state index >= 15 is 0 Å². The minimum atomic E-state index is -0.328. The van der Waals surface area contributed by atoms with Gasteiger partial charge < -0.3 is 20.7 Å². The first-order valence-corrected chi connectivity index (χ1v) is 8.66. The lowest BCUT2D eigenvalue weighted by Gasteiger charge is -2.17. The Morgan fingerprint density at radius 3 is 2.33 bits per heavy atom. The molecule has 0 radical (unpaired) electrons. The third kappa shape index (κ3) is 5.70. The Morgan fingerprint density at radius 1 is 1.04 bits per heavy atom. The van der Waals surface area contributed by atoms with Crippen molar-refractivity contribution in [3.05, 3.63) is 66.2 Å². The number of hydrogen-bond acceptors (Lipinski definition) is 4. The number of ether oxygens (including phenoxy) is 1. The monoisotopic (exact) mass is 389 g/mol. The first-order chi connectivity index (χ1) is 12.6. The Hall–Kier alpha value is -2.57. The van der Waals surface area contributed by atoms with Gasteiger partial charge in [0.25, 0.3) is 5.91 Å². The molecule has 27 heavy (non-hydrogen) atoms. The molecule has 1 aliphatic heterocycles. The van der Waals surface area contributed by atoms with Crippen molar-refractivity contribution in [1.82, 2.24) is 10.2 Å². The van der Waals surface area contributed by atoms with E-state index in [1.54, 1.807) is 17.0 Å². The predicted molar refractivity (Wildman–Crippen MR) is 106 cm³/mol. The maximum atomic E-state index is 12.4. The molecular formula is C20H24ClN3O3. The summed E-state index contributed by atoms with van der Waals surface area (Å²) in [6.07, 6.45) is 0. The fraction of sp³-hybridized carbons (Fsp3) is 0.300. The van der Waals surface area contributed by atoms with Gasteiger partial charge in [-0.05, 0) is 17.7 Å². The SMILES string of the molecule is Cl.N[C@@H]1CN(C(=O)CNC(=O)COc2ccccc2)C[C@H]1c1ccccc1. The molecule has 2 aromatic carbocycles.